The van der Waals surface area contributed by atoms with E-state index in [1.807, 2.05) is 17.0 Å². The summed E-state index contributed by atoms with van der Waals surface area (Å²) in [6.45, 7) is 5.02. The molecule has 114 valence electrons. The van der Waals surface area contributed by atoms with Crippen molar-refractivity contribution in [1.29, 1.82) is 0 Å². The summed E-state index contributed by atoms with van der Waals surface area (Å²) >= 11 is 0. The van der Waals surface area contributed by atoms with Gasteiger partial charge in [-0.15, -0.1) is 0 Å². The van der Waals surface area contributed by atoms with E-state index < -0.39 is 0 Å². The highest BCUT2D eigenvalue weighted by Crippen LogP contribution is 2.33. The number of likely N-dealkylation sites (tertiary alicyclic amines) is 1. The molecule has 0 aliphatic carbocycles. The van der Waals surface area contributed by atoms with Crippen molar-refractivity contribution in [2.45, 2.75) is 32.2 Å². The van der Waals surface area contributed by atoms with Crippen molar-refractivity contribution in [3.05, 3.63) is 23.8 Å². The molecule has 0 aromatic heterocycles. The molecule has 0 saturated carbocycles. The van der Waals surface area contributed by atoms with Crippen molar-refractivity contribution in [1.82, 2.24) is 10.2 Å². The van der Waals surface area contributed by atoms with E-state index in [1.165, 1.54) is 0 Å². The van der Waals surface area contributed by atoms with Crippen LogP contribution in [0.4, 0.5) is 0 Å². The third-order valence-electron chi connectivity index (χ3n) is 4.01. The van der Waals surface area contributed by atoms with Crippen LogP contribution in [0.5, 0.6) is 11.5 Å². The number of fused-ring (bicyclic) bond motifs is 1. The van der Waals surface area contributed by atoms with Crippen LogP contribution in [0.15, 0.2) is 18.2 Å². The van der Waals surface area contributed by atoms with Crippen molar-refractivity contribution in [3.8, 4) is 11.5 Å². The molecule has 0 spiro atoms. The first-order valence-corrected chi connectivity index (χ1v) is 7.70. The summed E-state index contributed by atoms with van der Waals surface area (Å²) in [5.74, 6) is 1.46. The normalized spacial score (nSPS) is 20.6. The van der Waals surface area contributed by atoms with Gasteiger partial charge in [-0.05, 0) is 44.0 Å². The van der Waals surface area contributed by atoms with Crippen molar-refractivity contribution in [2.24, 2.45) is 0 Å². The maximum absolute atomic E-state index is 12.6. The molecule has 0 radical (unpaired) electrons. The van der Waals surface area contributed by atoms with Crippen LogP contribution in [0.2, 0.25) is 0 Å². The number of carbonyl (C=O) groups excluding carboxylic acids is 1. The highest BCUT2D eigenvalue weighted by atomic mass is 16.7. The fourth-order valence-electron chi connectivity index (χ4n) is 2.89. The van der Waals surface area contributed by atoms with E-state index in [0.29, 0.717) is 23.1 Å². The van der Waals surface area contributed by atoms with Crippen LogP contribution in [0.25, 0.3) is 0 Å². The van der Waals surface area contributed by atoms with Crippen molar-refractivity contribution < 1.29 is 14.3 Å². The Labute approximate surface area is 125 Å². The second-order valence-corrected chi connectivity index (χ2v) is 5.61. The van der Waals surface area contributed by atoms with Crippen LogP contribution in [-0.2, 0) is 0 Å². The molecule has 1 unspecified atom stereocenters. The van der Waals surface area contributed by atoms with Crippen LogP contribution < -0.4 is 14.8 Å². The molecule has 1 amide bonds. The third kappa shape index (κ3) is 3.13. The molecule has 5 nitrogen and oxygen atoms in total. The number of carbonyl (C=O) groups is 1. The Morgan fingerprint density at radius 1 is 1.38 bits per heavy atom. The molecule has 1 aromatic rings. The van der Waals surface area contributed by atoms with Crippen molar-refractivity contribution in [3.63, 3.8) is 0 Å². The maximum Gasteiger partial charge on any atom is 0.254 e. The highest BCUT2D eigenvalue weighted by Gasteiger charge is 2.25. The summed E-state index contributed by atoms with van der Waals surface area (Å²) in [6.07, 6.45) is 3.31. The van der Waals surface area contributed by atoms with E-state index in [4.69, 9.17) is 9.47 Å². The van der Waals surface area contributed by atoms with Gasteiger partial charge < -0.3 is 19.7 Å². The molecule has 2 aliphatic heterocycles. The van der Waals surface area contributed by atoms with Gasteiger partial charge in [-0.25, -0.2) is 0 Å². The van der Waals surface area contributed by atoms with Crippen molar-refractivity contribution in [2.75, 3.05) is 26.4 Å². The lowest BCUT2D eigenvalue weighted by molar-refractivity contribution is 0.0694. The Morgan fingerprint density at radius 2 is 2.24 bits per heavy atom. The van der Waals surface area contributed by atoms with Gasteiger partial charge in [0.25, 0.3) is 5.91 Å². The minimum atomic E-state index is 0.0799. The Morgan fingerprint density at radius 3 is 3.10 bits per heavy atom. The maximum atomic E-state index is 12.6. The minimum absolute atomic E-state index is 0.0799. The van der Waals surface area contributed by atoms with Gasteiger partial charge in [0.2, 0.25) is 6.79 Å². The SMILES string of the molecule is CCCNC1CCCN(C(=O)c2ccc3c(c2)OCO3)C1. The summed E-state index contributed by atoms with van der Waals surface area (Å²) in [5, 5.41) is 3.51. The number of hydrogen-bond acceptors (Lipinski definition) is 4. The van der Waals surface area contributed by atoms with Crippen molar-refractivity contribution >= 4 is 5.91 Å². The summed E-state index contributed by atoms with van der Waals surface area (Å²) in [6, 6.07) is 5.83. The molecular formula is C16H22N2O3. The van der Waals surface area contributed by atoms with E-state index in [-0.39, 0.29) is 12.7 Å². The predicted molar refractivity (Wildman–Crippen MR) is 79.8 cm³/mol. The number of ether oxygens (including phenoxy) is 2. The molecule has 21 heavy (non-hydrogen) atoms. The summed E-state index contributed by atoms with van der Waals surface area (Å²) in [7, 11) is 0. The van der Waals surface area contributed by atoms with E-state index in [0.717, 1.165) is 38.9 Å². The monoisotopic (exact) mass is 290 g/mol. The largest absolute Gasteiger partial charge is 0.454 e. The number of amides is 1. The fraction of sp³-hybridized carbons (Fsp3) is 0.562. The topological polar surface area (TPSA) is 50.8 Å². The Hall–Kier alpha value is -1.75. The van der Waals surface area contributed by atoms with E-state index in [2.05, 4.69) is 12.2 Å². The van der Waals surface area contributed by atoms with Crippen LogP contribution in [0.1, 0.15) is 36.5 Å². The lowest BCUT2D eigenvalue weighted by Crippen LogP contribution is -2.48. The molecule has 2 aliphatic rings. The van der Waals surface area contributed by atoms with Gasteiger partial charge in [0.1, 0.15) is 0 Å². The number of piperidine rings is 1. The van der Waals surface area contributed by atoms with Gasteiger partial charge in [0.05, 0.1) is 0 Å². The first-order valence-electron chi connectivity index (χ1n) is 7.70. The standard InChI is InChI=1S/C16H22N2O3/c1-2-7-17-13-4-3-8-18(10-13)16(19)12-5-6-14-15(9-12)21-11-20-14/h5-6,9,13,17H,2-4,7-8,10-11H2,1H3. The lowest BCUT2D eigenvalue weighted by Gasteiger charge is -2.33. The molecule has 5 heteroatoms. The zero-order valence-electron chi connectivity index (χ0n) is 12.4. The molecule has 1 fully saturated rings. The second kappa shape index (κ2) is 6.35. The zero-order chi connectivity index (χ0) is 14.7. The molecule has 3 rings (SSSR count). The molecule has 1 N–H and O–H groups in total. The van der Waals surface area contributed by atoms with E-state index in [1.54, 1.807) is 6.07 Å². The number of nitrogens with one attached hydrogen (secondary N) is 1. The highest BCUT2D eigenvalue weighted by molar-refractivity contribution is 5.95. The predicted octanol–water partition coefficient (Wildman–Crippen LogP) is 2.02. The fourth-order valence-corrected chi connectivity index (χ4v) is 2.89. The summed E-state index contributed by atoms with van der Waals surface area (Å²) in [4.78, 5) is 14.6. The van der Waals surface area contributed by atoms with E-state index >= 15 is 0 Å². The number of rotatable bonds is 4. The minimum Gasteiger partial charge on any atom is -0.454 e. The molecule has 1 saturated heterocycles. The Kier molecular flexibility index (Phi) is 4.29. The number of hydrogen-bond donors (Lipinski definition) is 1. The molecular weight excluding hydrogens is 268 g/mol. The molecule has 1 aromatic carbocycles. The smallest absolute Gasteiger partial charge is 0.254 e. The van der Waals surface area contributed by atoms with Crippen LogP contribution >= 0.6 is 0 Å². The van der Waals surface area contributed by atoms with Gasteiger partial charge in [-0.2, -0.15) is 0 Å². The van der Waals surface area contributed by atoms with Gasteiger partial charge in [0.15, 0.2) is 11.5 Å². The third-order valence-corrected chi connectivity index (χ3v) is 4.01. The van der Waals surface area contributed by atoms with E-state index in [9.17, 15) is 4.79 Å². The second-order valence-electron chi connectivity index (χ2n) is 5.61. The van der Waals surface area contributed by atoms with Crippen LogP contribution in [-0.4, -0.2) is 43.3 Å². The summed E-state index contributed by atoms with van der Waals surface area (Å²) in [5.41, 5.74) is 0.676. The van der Waals surface area contributed by atoms with Crippen LogP contribution in [0, 0.1) is 0 Å². The summed E-state index contributed by atoms with van der Waals surface area (Å²) < 4.78 is 10.6. The molecule has 2 heterocycles. The number of benzene rings is 1. The van der Waals surface area contributed by atoms with Gasteiger partial charge >= 0.3 is 0 Å². The molecule has 0 bridgehead atoms. The number of nitrogens with zero attached hydrogens (tertiary/aromatic N) is 1. The van der Waals surface area contributed by atoms with Gasteiger partial charge in [-0.1, -0.05) is 6.92 Å². The molecule has 1 atom stereocenters. The van der Waals surface area contributed by atoms with Crippen LogP contribution in [0.3, 0.4) is 0 Å². The van der Waals surface area contributed by atoms with Gasteiger partial charge in [0, 0.05) is 24.7 Å². The Balaban J connectivity index is 1.67. The first kappa shape index (κ1) is 14.2. The average Bonchev–Trinajstić information content (AvgIpc) is 3.00. The average molecular weight is 290 g/mol. The van der Waals surface area contributed by atoms with Gasteiger partial charge in [-0.3, -0.25) is 4.79 Å². The quantitative estimate of drug-likeness (QED) is 0.921. The zero-order valence-corrected chi connectivity index (χ0v) is 12.4. The lowest BCUT2D eigenvalue weighted by atomic mass is 10.0. The Bertz CT molecular complexity index is 518. The first-order chi connectivity index (χ1) is 10.3.